The van der Waals surface area contributed by atoms with Crippen molar-refractivity contribution in [2.45, 2.75) is 45.6 Å². The van der Waals surface area contributed by atoms with Crippen molar-refractivity contribution < 1.29 is 0 Å². The number of fused-ring (bicyclic) bond motifs is 1. The molecule has 0 amide bonds. The third-order valence-corrected chi connectivity index (χ3v) is 5.01. The molecule has 1 heterocycles. The molecule has 2 aliphatic rings. The number of hydrogen-bond acceptors (Lipinski definition) is 1. The van der Waals surface area contributed by atoms with E-state index in [1.54, 1.807) is 0 Å². The normalized spacial score (nSPS) is 36.4. The van der Waals surface area contributed by atoms with Crippen molar-refractivity contribution in [1.29, 1.82) is 0 Å². The largest absolute Gasteiger partial charge is 0.381 e. The van der Waals surface area contributed by atoms with Crippen LogP contribution in [0.1, 0.15) is 38.7 Å². The molecule has 0 aromatic heterocycles. The van der Waals surface area contributed by atoms with E-state index in [0.29, 0.717) is 6.04 Å². The highest BCUT2D eigenvalue weighted by molar-refractivity contribution is 5.56. The van der Waals surface area contributed by atoms with Gasteiger partial charge >= 0.3 is 0 Å². The molecule has 1 aromatic carbocycles. The minimum atomic E-state index is 0.697. The van der Waals surface area contributed by atoms with Gasteiger partial charge in [0, 0.05) is 11.7 Å². The first-order valence-corrected chi connectivity index (χ1v) is 7.08. The maximum atomic E-state index is 3.74. The summed E-state index contributed by atoms with van der Waals surface area (Å²) in [7, 11) is 0. The molecule has 0 radical (unpaired) electrons. The minimum absolute atomic E-state index is 0.697. The molecule has 17 heavy (non-hydrogen) atoms. The first kappa shape index (κ1) is 11.1. The van der Waals surface area contributed by atoms with E-state index in [4.69, 9.17) is 0 Å². The Morgan fingerprint density at radius 1 is 1.06 bits per heavy atom. The number of nitrogens with one attached hydrogen (secondary N) is 1. The van der Waals surface area contributed by atoms with Crippen LogP contribution in [0, 0.1) is 17.8 Å². The van der Waals surface area contributed by atoms with E-state index < -0.39 is 0 Å². The van der Waals surface area contributed by atoms with E-state index in [-0.39, 0.29) is 0 Å². The highest BCUT2D eigenvalue weighted by Gasteiger charge is 2.33. The van der Waals surface area contributed by atoms with Crippen molar-refractivity contribution >= 4 is 5.69 Å². The smallest absolute Gasteiger partial charge is 0.0375 e. The molecule has 4 unspecified atom stereocenters. The van der Waals surface area contributed by atoms with Gasteiger partial charge in [0.15, 0.2) is 0 Å². The molecule has 1 aliphatic carbocycles. The number of rotatable bonds is 1. The van der Waals surface area contributed by atoms with Crippen molar-refractivity contribution in [3.05, 3.63) is 29.8 Å². The Bertz CT molecular complexity index is 373. The summed E-state index contributed by atoms with van der Waals surface area (Å²) in [6, 6.07) is 9.50. The van der Waals surface area contributed by atoms with Gasteiger partial charge in [-0.15, -0.1) is 0 Å². The molecule has 1 heteroatoms. The second kappa shape index (κ2) is 4.36. The standard InChI is InChI=1S/C16H23N/c1-11-7-8-14(9-12(11)2)16-10-13-5-3-4-6-15(13)17-16/h3-6,11-12,14,16-17H,7-10H2,1-2H3. The zero-order valence-corrected chi connectivity index (χ0v) is 10.9. The molecule has 1 N–H and O–H groups in total. The Kier molecular flexibility index (Phi) is 2.85. The van der Waals surface area contributed by atoms with Crippen LogP contribution in [0.4, 0.5) is 5.69 Å². The van der Waals surface area contributed by atoms with Crippen LogP contribution in [0.2, 0.25) is 0 Å². The second-order valence-corrected chi connectivity index (χ2v) is 6.14. The summed E-state index contributed by atoms with van der Waals surface area (Å²) in [5.74, 6) is 2.71. The van der Waals surface area contributed by atoms with Gasteiger partial charge in [0.1, 0.15) is 0 Å². The highest BCUT2D eigenvalue weighted by atomic mass is 15.0. The van der Waals surface area contributed by atoms with E-state index in [1.165, 1.54) is 36.9 Å². The van der Waals surface area contributed by atoms with Crippen molar-refractivity contribution in [3.63, 3.8) is 0 Å². The number of hydrogen-bond donors (Lipinski definition) is 1. The molecule has 3 rings (SSSR count). The minimum Gasteiger partial charge on any atom is -0.381 e. The van der Waals surface area contributed by atoms with Crippen LogP contribution in [-0.4, -0.2) is 6.04 Å². The second-order valence-electron chi connectivity index (χ2n) is 6.14. The maximum absolute atomic E-state index is 3.74. The Labute approximate surface area is 105 Å². The molecule has 1 fully saturated rings. The third-order valence-electron chi connectivity index (χ3n) is 5.01. The van der Waals surface area contributed by atoms with Crippen LogP contribution >= 0.6 is 0 Å². The Balaban J connectivity index is 1.69. The first-order chi connectivity index (χ1) is 8.24. The van der Waals surface area contributed by atoms with E-state index >= 15 is 0 Å². The lowest BCUT2D eigenvalue weighted by molar-refractivity contribution is 0.193. The topological polar surface area (TPSA) is 12.0 Å². The fourth-order valence-electron chi connectivity index (χ4n) is 3.57. The molecule has 1 nitrogen and oxygen atoms in total. The molecular formula is C16H23N. The molecule has 4 atom stereocenters. The number of anilines is 1. The van der Waals surface area contributed by atoms with Gasteiger partial charge in [0.2, 0.25) is 0 Å². The van der Waals surface area contributed by atoms with Gasteiger partial charge in [-0.1, -0.05) is 38.5 Å². The summed E-state index contributed by atoms with van der Waals surface area (Å²) in [5.41, 5.74) is 2.90. The van der Waals surface area contributed by atoms with Crippen molar-refractivity contribution in [2.24, 2.45) is 17.8 Å². The summed E-state index contributed by atoms with van der Waals surface area (Å²) < 4.78 is 0. The Morgan fingerprint density at radius 3 is 2.65 bits per heavy atom. The highest BCUT2D eigenvalue weighted by Crippen LogP contribution is 2.39. The Morgan fingerprint density at radius 2 is 1.88 bits per heavy atom. The summed E-state index contributed by atoms with van der Waals surface area (Å²) >= 11 is 0. The average molecular weight is 229 g/mol. The van der Waals surface area contributed by atoms with Crippen LogP contribution < -0.4 is 5.32 Å². The van der Waals surface area contributed by atoms with Crippen LogP contribution in [-0.2, 0) is 6.42 Å². The quantitative estimate of drug-likeness (QED) is 0.764. The van der Waals surface area contributed by atoms with E-state index in [2.05, 4.69) is 43.4 Å². The van der Waals surface area contributed by atoms with Crippen LogP contribution in [0.5, 0.6) is 0 Å². The lowest BCUT2D eigenvalue weighted by atomic mass is 9.73. The van der Waals surface area contributed by atoms with Gasteiger partial charge in [0.05, 0.1) is 0 Å². The average Bonchev–Trinajstić information content (AvgIpc) is 2.76. The zero-order valence-electron chi connectivity index (χ0n) is 10.9. The molecule has 92 valence electrons. The SMILES string of the molecule is CC1CCC(C2Cc3ccccc3N2)CC1C. The van der Waals surface area contributed by atoms with E-state index in [9.17, 15) is 0 Å². The van der Waals surface area contributed by atoms with Gasteiger partial charge in [-0.2, -0.15) is 0 Å². The summed E-state index contributed by atoms with van der Waals surface area (Å²) in [6.07, 6.45) is 5.48. The molecule has 1 aliphatic heterocycles. The lowest BCUT2D eigenvalue weighted by Gasteiger charge is -2.35. The fourth-order valence-corrected chi connectivity index (χ4v) is 3.57. The number of para-hydroxylation sites is 1. The van der Waals surface area contributed by atoms with Crippen molar-refractivity contribution in [3.8, 4) is 0 Å². The molecule has 0 bridgehead atoms. The van der Waals surface area contributed by atoms with Crippen LogP contribution in [0.3, 0.4) is 0 Å². The molecular weight excluding hydrogens is 206 g/mol. The third kappa shape index (κ3) is 2.08. The lowest BCUT2D eigenvalue weighted by Crippen LogP contribution is -2.33. The first-order valence-electron chi connectivity index (χ1n) is 7.08. The van der Waals surface area contributed by atoms with Gasteiger partial charge < -0.3 is 5.32 Å². The maximum Gasteiger partial charge on any atom is 0.0375 e. The zero-order chi connectivity index (χ0) is 11.8. The molecule has 0 saturated heterocycles. The molecule has 1 aromatic rings. The van der Waals surface area contributed by atoms with Crippen molar-refractivity contribution in [2.75, 3.05) is 5.32 Å². The van der Waals surface area contributed by atoms with E-state index in [0.717, 1.165) is 17.8 Å². The summed E-state index contributed by atoms with van der Waals surface area (Å²) in [5, 5.41) is 3.74. The molecule has 0 spiro atoms. The van der Waals surface area contributed by atoms with Crippen LogP contribution in [0.15, 0.2) is 24.3 Å². The summed E-state index contributed by atoms with van der Waals surface area (Å²) in [6.45, 7) is 4.84. The van der Waals surface area contributed by atoms with Gasteiger partial charge in [-0.3, -0.25) is 0 Å². The number of benzene rings is 1. The fraction of sp³-hybridized carbons (Fsp3) is 0.625. The molecule has 1 saturated carbocycles. The van der Waals surface area contributed by atoms with Crippen molar-refractivity contribution in [1.82, 2.24) is 0 Å². The summed E-state index contributed by atoms with van der Waals surface area (Å²) in [4.78, 5) is 0. The van der Waals surface area contributed by atoms with Crippen LogP contribution in [0.25, 0.3) is 0 Å². The van der Waals surface area contributed by atoms with Gasteiger partial charge in [0.25, 0.3) is 0 Å². The van der Waals surface area contributed by atoms with Gasteiger partial charge in [-0.25, -0.2) is 0 Å². The Hall–Kier alpha value is -0.980. The predicted molar refractivity (Wildman–Crippen MR) is 73.2 cm³/mol. The monoisotopic (exact) mass is 229 g/mol. The van der Waals surface area contributed by atoms with E-state index in [1.807, 2.05) is 0 Å². The van der Waals surface area contributed by atoms with Gasteiger partial charge in [-0.05, 0) is 48.6 Å². The predicted octanol–water partition coefficient (Wildman–Crippen LogP) is 4.10.